The molecule has 1 aromatic rings. The minimum atomic E-state index is -6.04. The first-order valence-corrected chi connectivity index (χ1v) is 6.52. The Morgan fingerprint density at radius 2 is 1.76 bits per heavy atom. The molecular formula is C14H14ClF6NO3. The van der Waals surface area contributed by atoms with Crippen LogP contribution in [0, 0.1) is 0 Å². The van der Waals surface area contributed by atoms with Crippen LogP contribution in [0.3, 0.4) is 0 Å². The number of ether oxygens (including phenoxy) is 1. The zero-order chi connectivity index (χ0) is 18.6. The molecule has 0 spiro atoms. The number of ketones is 1. The summed E-state index contributed by atoms with van der Waals surface area (Å²) >= 11 is 0. The summed E-state index contributed by atoms with van der Waals surface area (Å²) in [6.07, 6.45) is -11.6. The molecule has 0 fully saturated rings. The van der Waals surface area contributed by atoms with E-state index in [0.29, 0.717) is 0 Å². The Balaban J connectivity index is 0.00000576. The maximum atomic E-state index is 12.6. The van der Waals surface area contributed by atoms with E-state index in [1.165, 1.54) is 30.5 Å². The average Bonchev–Trinajstić information content (AvgIpc) is 2.43. The molecule has 4 nitrogen and oxygen atoms in total. The van der Waals surface area contributed by atoms with Crippen LogP contribution in [-0.4, -0.2) is 35.5 Å². The molecule has 0 radical (unpaired) electrons. The van der Waals surface area contributed by atoms with Crippen LogP contribution in [0.1, 0.15) is 6.42 Å². The van der Waals surface area contributed by atoms with E-state index >= 15 is 0 Å². The maximum absolute atomic E-state index is 12.6. The number of carbonyl (C=O) groups is 1. The molecule has 0 bridgehead atoms. The highest BCUT2D eigenvalue weighted by Gasteiger charge is 2.71. The molecule has 0 amide bonds. The molecule has 0 aliphatic rings. The summed E-state index contributed by atoms with van der Waals surface area (Å²) in [5, 5.41) is 9.02. The smallest absolute Gasteiger partial charge is 0.426 e. The minimum Gasteiger partial charge on any atom is -1.00 e. The molecule has 11 heteroatoms. The third-order valence-corrected chi connectivity index (χ3v) is 2.99. The topological polar surface area (TPSA) is 50.4 Å². The van der Waals surface area contributed by atoms with Crippen LogP contribution in [-0.2, 0) is 11.3 Å². The number of hydrogen-bond acceptors (Lipinski definition) is 3. The van der Waals surface area contributed by atoms with E-state index < -0.39 is 36.7 Å². The van der Waals surface area contributed by atoms with Gasteiger partial charge in [0, 0.05) is 6.07 Å². The Labute approximate surface area is 145 Å². The Morgan fingerprint density at radius 3 is 2.24 bits per heavy atom. The first kappa shape index (κ1) is 23.2. The van der Waals surface area contributed by atoms with Crippen molar-refractivity contribution in [2.75, 3.05) is 6.61 Å². The molecule has 1 rings (SSSR count). The molecule has 0 aliphatic carbocycles. The van der Waals surface area contributed by atoms with Crippen molar-refractivity contribution >= 4 is 5.78 Å². The van der Waals surface area contributed by atoms with Gasteiger partial charge in [-0.05, 0) is 6.07 Å². The van der Waals surface area contributed by atoms with Crippen LogP contribution < -0.4 is 21.7 Å². The van der Waals surface area contributed by atoms with Crippen LogP contribution >= 0.6 is 0 Å². The van der Waals surface area contributed by atoms with Crippen molar-refractivity contribution in [2.45, 2.75) is 30.9 Å². The van der Waals surface area contributed by atoms with E-state index in [0.717, 1.165) is 4.57 Å². The van der Waals surface area contributed by atoms with Crippen LogP contribution in [0.5, 0.6) is 5.88 Å². The third-order valence-electron chi connectivity index (χ3n) is 2.99. The van der Waals surface area contributed by atoms with Crippen molar-refractivity contribution in [3.63, 3.8) is 0 Å². The van der Waals surface area contributed by atoms with E-state index in [9.17, 15) is 31.1 Å². The second kappa shape index (κ2) is 8.52. The first-order chi connectivity index (χ1) is 10.9. The fourth-order valence-electron chi connectivity index (χ4n) is 1.76. The Morgan fingerprint density at radius 1 is 1.20 bits per heavy atom. The summed E-state index contributed by atoms with van der Waals surface area (Å²) in [6.45, 7) is 2.57. The normalized spacial score (nSPS) is 12.3. The van der Waals surface area contributed by atoms with Gasteiger partial charge in [0.05, 0.1) is 12.5 Å². The Hall–Kier alpha value is -1.81. The number of halogens is 7. The quantitative estimate of drug-likeness (QED) is 0.381. The molecule has 0 saturated carbocycles. The predicted octanol–water partition coefficient (Wildman–Crippen LogP) is -0.642. The standard InChI is InChI=1S/C14H14F6NO3.ClH/c1-2-7-24-11-5-3-4-6-21(11)9-10(22)8-12(23,13(15,16)17)14(18,19)20;/h2-6,23H,1,7-9H2;1H/q+1;/p-1. The van der Waals surface area contributed by atoms with Gasteiger partial charge in [-0.2, -0.15) is 30.9 Å². The molecule has 142 valence electrons. The van der Waals surface area contributed by atoms with Gasteiger partial charge in [0.2, 0.25) is 12.3 Å². The van der Waals surface area contributed by atoms with Crippen molar-refractivity contribution in [1.29, 1.82) is 0 Å². The lowest BCUT2D eigenvalue weighted by molar-refractivity contribution is -0.689. The number of aromatic nitrogens is 1. The van der Waals surface area contributed by atoms with Gasteiger partial charge in [0.15, 0.2) is 6.20 Å². The van der Waals surface area contributed by atoms with Gasteiger partial charge in [-0.25, -0.2) is 0 Å². The van der Waals surface area contributed by atoms with Crippen molar-refractivity contribution < 1.29 is 58.0 Å². The summed E-state index contributed by atoms with van der Waals surface area (Å²) < 4.78 is 81.6. The molecule has 0 atom stereocenters. The molecular weight excluding hydrogens is 380 g/mol. The van der Waals surface area contributed by atoms with Crippen molar-refractivity contribution in [2.24, 2.45) is 0 Å². The maximum Gasteiger partial charge on any atom is 0.426 e. The summed E-state index contributed by atoms with van der Waals surface area (Å²) in [6, 6.07) is 4.28. The van der Waals surface area contributed by atoms with E-state index in [1.807, 2.05) is 0 Å². The summed E-state index contributed by atoms with van der Waals surface area (Å²) in [5.74, 6) is -1.42. The zero-order valence-corrected chi connectivity index (χ0v) is 13.3. The molecule has 1 aromatic heterocycles. The summed E-state index contributed by atoms with van der Waals surface area (Å²) in [4.78, 5) is 11.7. The Kier molecular flexibility index (Phi) is 7.91. The van der Waals surface area contributed by atoms with Gasteiger partial charge in [0.1, 0.15) is 6.61 Å². The van der Waals surface area contributed by atoms with Gasteiger partial charge in [-0.3, -0.25) is 4.79 Å². The monoisotopic (exact) mass is 393 g/mol. The number of aliphatic hydroxyl groups is 1. The van der Waals surface area contributed by atoms with Gasteiger partial charge in [0.25, 0.3) is 5.60 Å². The van der Waals surface area contributed by atoms with Gasteiger partial charge in [-0.1, -0.05) is 12.7 Å². The third kappa shape index (κ3) is 5.60. The highest BCUT2D eigenvalue weighted by molar-refractivity contribution is 5.78. The van der Waals surface area contributed by atoms with Crippen LogP contribution in [0.25, 0.3) is 0 Å². The molecule has 0 aromatic carbocycles. The lowest BCUT2D eigenvalue weighted by Gasteiger charge is -2.31. The molecule has 1 heterocycles. The van der Waals surface area contributed by atoms with E-state index in [-0.39, 0.29) is 24.9 Å². The first-order valence-electron chi connectivity index (χ1n) is 6.52. The number of pyridine rings is 1. The largest absolute Gasteiger partial charge is 1.00 e. The highest BCUT2D eigenvalue weighted by atomic mass is 35.5. The number of alkyl halides is 6. The fourth-order valence-corrected chi connectivity index (χ4v) is 1.76. The molecule has 0 unspecified atom stereocenters. The van der Waals surface area contributed by atoms with Gasteiger partial charge in [-0.15, -0.1) is 0 Å². The second-order valence-corrected chi connectivity index (χ2v) is 4.84. The van der Waals surface area contributed by atoms with Crippen LogP contribution in [0.4, 0.5) is 26.3 Å². The van der Waals surface area contributed by atoms with E-state index in [1.54, 1.807) is 0 Å². The number of rotatable bonds is 7. The number of carbonyl (C=O) groups excluding carboxylic acids is 1. The lowest BCUT2D eigenvalue weighted by atomic mass is 9.95. The van der Waals surface area contributed by atoms with Crippen molar-refractivity contribution in [3.05, 3.63) is 37.1 Å². The van der Waals surface area contributed by atoms with Gasteiger partial charge < -0.3 is 22.3 Å². The summed E-state index contributed by atoms with van der Waals surface area (Å²) in [7, 11) is 0. The predicted molar refractivity (Wildman–Crippen MR) is 69.0 cm³/mol. The van der Waals surface area contributed by atoms with Crippen molar-refractivity contribution in [3.8, 4) is 5.88 Å². The fraction of sp³-hybridized carbons (Fsp3) is 0.429. The molecule has 0 saturated heterocycles. The molecule has 25 heavy (non-hydrogen) atoms. The molecule has 0 aliphatic heterocycles. The lowest BCUT2D eigenvalue weighted by Crippen LogP contribution is -3.00. The minimum absolute atomic E-state index is 0. The van der Waals surface area contributed by atoms with E-state index in [2.05, 4.69) is 6.58 Å². The molecule has 1 N–H and O–H groups in total. The van der Waals surface area contributed by atoms with Gasteiger partial charge >= 0.3 is 18.2 Å². The van der Waals surface area contributed by atoms with Crippen LogP contribution in [0.15, 0.2) is 37.1 Å². The average molecular weight is 394 g/mol. The Bertz CT molecular complexity index is 589. The SMILES string of the molecule is C=CCOc1cccc[n+]1CC(=O)CC(O)(C(F)(F)F)C(F)(F)F.[Cl-]. The van der Waals surface area contributed by atoms with Crippen LogP contribution in [0.2, 0.25) is 0 Å². The zero-order valence-electron chi connectivity index (χ0n) is 12.6. The number of nitrogens with zero attached hydrogens (tertiary/aromatic N) is 1. The number of Topliss-reactive ketones (excluding diaryl/α,β-unsaturated/α-hetero) is 1. The van der Waals surface area contributed by atoms with Crippen molar-refractivity contribution in [1.82, 2.24) is 0 Å². The second-order valence-electron chi connectivity index (χ2n) is 4.84. The van der Waals surface area contributed by atoms with E-state index in [4.69, 9.17) is 9.84 Å². The highest BCUT2D eigenvalue weighted by Crippen LogP contribution is 2.45. The number of hydrogen-bond donors (Lipinski definition) is 1. The summed E-state index contributed by atoms with van der Waals surface area (Å²) in [5.41, 5.74) is -5.10.